The first-order valence-corrected chi connectivity index (χ1v) is 12.0. The van der Waals surface area contributed by atoms with Crippen molar-refractivity contribution in [2.75, 3.05) is 11.9 Å². The first-order chi connectivity index (χ1) is 17.0. The van der Waals surface area contributed by atoms with Crippen LogP contribution in [0.1, 0.15) is 84.5 Å². The van der Waals surface area contributed by atoms with Gasteiger partial charge in [0.2, 0.25) is 0 Å². The van der Waals surface area contributed by atoms with Gasteiger partial charge in [0.15, 0.2) is 5.78 Å². The number of carbonyl (C=O) groups is 3. The molecule has 0 bridgehead atoms. The molecule has 4 rings (SSSR count). The van der Waals surface area contributed by atoms with E-state index in [0.29, 0.717) is 49.2 Å². The molecule has 11 heteroatoms. The number of halogens is 2. The highest BCUT2D eigenvalue weighted by Crippen LogP contribution is 2.40. The number of hydrogen-bond acceptors (Lipinski definition) is 7. The lowest BCUT2D eigenvalue weighted by atomic mass is 9.75. The molecule has 0 atom stereocenters. The minimum atomic E-state index is -2.89. The maximum atomic E-state index is 13.8. The van der Waals surface area contributed by atoms with E-state index >= 15 is 0 Å². The molecular weight excluding hydrogens is 472 g/mol. The number of rotatable bonds is 7. The molecule has 2 aromatic rings. The summed E-state index contributed by atoms with van der Waals surface area (Å²) < 4.78 is 34.3. The number of Topliss-reactive ketones (excluding diaryl/α,β-unsaturated/α-hetero) is 1. The Morgan fingerprint density at radius 3 is 2.53 bits per heavy atom. The van der Waals surface area contributed by atoms with E-state index in [-0.39, 0.29) is 42.0 Å². The molecule has 1 amide bonds. The van der Waals surface area contributed by atoms with Crippen LogP contribution in [0.5, 0.6) is 0 Å². The summed E-state index contributed by atoms with van der Waals surface area (Å²) in [6.45, 7) is 3.66. The van der Waals surface area contributed by atoms with Gasteiger partial charge in [-0.15, -0.1) is 0 Å². The molecule has 1 saturated carbocycles. The zero-order valence-electron chi connectivity index (χ0n) is 20.4. The van der Waals surface area contributed by atoms with Crippen LogP contribution in [0.25, 0.3) is 5.69 Å². The third-order valence-corrected chi connectivity index (χ3v) is 6.79. The van der Waals surface area contributed by atoms with Crippen molar-refractivity contribution in [1.29, 1.82) is 0 Å². The predicted octanol–water partition coefficient (Wildman–Crippen LogP) is 3.29. The molecule has 194 valence electrons. The van der Waals surface area contributed by atoms with E-state index in [1.165, 1.54) is 10.7 Å². The fraction of sp³-hybridized carbons (Fsp3) is 0.520. The van der Waals surface area contributed by atoms with Crippen LogP contribution in [0.2, 0.25) is 0 Å². The second-order valence-corrected chi connectivity index (χ2v) is 10.3. The van der Waals surface area contributed by atoms with Crippen molar-refractivity contribution in [2.24, 2.45) is 16.9 Å². The monoisotopic (exact) mass is 503 g/mol. The molecule has 5 N–H and O–H groups in total. The van der Waals surface area contributed by atoms with Gasteiger partial charge in [-0.25, -0.2) is 13.5 Å². The molecule has 0 spiro atoms. The maximum Gasteiger partial charge on any atom is 0.319 e. The molecule has 1 aromatic carbocycles. The van der Waals surface area contributed by atoms with Crippen molar-refractivity contribution in [3.05, 3.63) is 40.7 Å². The quantitative estimate of drug-likeness (QED) is 0.492. The summed E-state index contributed by atoms with van der Waals surface area (Å²) in [5.41, 5.74) is 11.6. The molecule has 36 heavy (non-hydrogen) atoms. The summed E-state index contributed by atoms with van der Waals surface area (Å²) in [5, 5.41) is 7.47. The lowest BCUT2D eigenvalue weighted by Gasteiger charge is -2.30. The van der Waals surface area contributed by atoms with Gasteiger partial charge < -0.3 is 21.5 Å². The molecule has 2 aliphatic carbocycles. The van der Waals surface area contributed by atoms with Crippen molar-refractivity contribution >= 4 is 23.3 Å². The Balaban J connectivity index is 1.65. The number of benzene rings is 1. The maximum absolute atomic E-state index is 13.8. The van der Waals surface area contributed by atoms with Crippen molar-refractivity contribution < 1.29 is 27.9 Å². The zero-order chi connectivity index (χ0) is 26.2. The number of amides is 1. The Morgan fingerprint density at radius 2 is 1.92 bits per heavy atom. The standard InChI is InChI=1S/C25H31F2N5O4/c1-25(2)10-18-21(19(33)11-25)22(23(26)27)31-32(18)14-5-8-16(24(29)35)17(9-14)30-13-3-6-15(7-4-13)36-20(34)12-28/h5,8-9,13,15,23,30H,3-4,6-7,10-12,28H2,1-2H3,(H2,29,35). The summed E-state index contributed by atoms with van der Waals surface area (Å²) >= 11 is 0. The topological polar surface area (TPSA) is 142 Å². The summed E-state index contributed by atoms with van der Waals surface area (Å²) in [5.74, 6) is -1.42. The number of nitrogens with zero attached hydrogens (tertiary/aromatic N) is 2. The summed E-state index contributed by atoms with van der Waals surface area (Å²) in [4.78, 5) is 36.3. The minimum Gasteiger partial charge on any atom is -0.461 e. The molecule has 1 heterocycles. The van der Waals surface area contributed by atoms with Crippen LogP contribution in [0, 0.1) is 5.41 Å². The minimum absolute atomic E-state index is 0.0110. The molecular formula is C25H31F2N5O4. The van der Waals surface area contributed by atoms with Crippen LogP contribution in [-0.2, 0) is 16.0 Å². The highest BCUT2D eigenvalue weighted by atomic mass is 19.3. The fourth-order valence-corrected chi connectivity index (χ4v) is 5.12. The highest BCUT2D eigenvalue weighted by Gasteiger charge is 2.38. The first-order valence-electron chi connectivity index (χ1n) is 12.0. The smallest absolute Gasteiger partial charge is 0.319 e. The van der Waals surface area contributed by atoms with Gasteiger partial charge in [0, 0.05) is 18.2 Å². The number of alkyl halides is 2. The summed E-state index contributed by atoms with van der Waals surface area (Å²) in [6.07, 6.45) is 0.108. The second kappa shape index (κ2) is 9.96. The molecule has 0 unspecified atom stereocenters. The van der Waals surface area contributed by atoms with E-state index in [9.17, 15) is 23.2 Å². The third-order valence-electron chi connectivity index (χ3n) is 6.79. The van der Waals surface area contributed by atoms with E-state index in [1.807, 2.05) is 13.8 Å². The van der Waals surface area contributed by atoms with Crippen LogP contribution >= 0.6 is 0 Å². The van der Waals surface area contributed by atoms with Crippen LogP contribution < -0.4 is 16.8 Å². The Kier molecular flexibility index (Phi) is 7.12. The molecule has 1 fully saturated rings. The van der Waals surface area contributed by atoms with Crippen molar-refractivity contribution in [3.8, 4) is 5.69 Å². The number of primary amides is 1. The second-order valence-electron chi connectivity index (χ2n) is 10.3. The number of ether oxygens (including phenoxy) is 1. The number of hydrogen-bond donors (Lipinski definition) is 3. The number of ketones is 1. The van der Waals surface area contributed by atoms with E-state index in [2.05, 4.69) is 10.4 Å². The first kappa shape index (κ1) is 25.7. The third kappa shape index (κ3) is 5.25. The number of esters is 1. The van der Waals surface area contributed by atoms with E-state index in [1.54, 1.807) is 12.1 Å². The Morgan fingerprint density at radius 1 is 1.22 bits per heavy atom. The number of anilines is 1. The van der Waals surface area contributed by atoms with E-state index < -0.39 is 29.4 Å². The molecule has 2 aliphatic rings. The van der Waals surface area contributed by atoms with Crippen LogP contribution in [0.4, 0.5) is 14.5 Å². The summed E-state index contributed by atoms with van der Waals surface area (Å²) in [7, 11) is 0. The SMILES string of the molecule is CC1(C)CC(=O)c2c(C(F)F)nn(-c3ccc(C(N)=O)c(NC4CCC(OC(=O)CN)CC4)c3)c2C1. The number of aromatic nitrogens is 2. The normalized spacial score (nSPS) is 21.2. The van der Waals surface area contributed by atoms with Gasteiger partial charge in [-0.2, -0.15) is 5.10 Å². The highest BCUT2D eigenvalue weighted by molar-refractivity contribution is 6.00. The lowest BCUT2D eigenvalue weighted by molar-refractivity contribution is -0.148. The molecule has 9 nitrogen and oxygen atoms in total. The van der Waals surface area contributed by atoms with E-state index in [4.69, 9.17) is 16.2 Å². The van der Waals surface area contributed by atoms with E-state index in [0.717, 1.165) is 0 Å². The lowest BCUT2D eigenvalue weighted by Crippen LogP contribution is -2.33. The predicted molar refractivity (Wildman–Crippen MR) is 128 cm³/mol. The molecule has 0 aliphatic heterocycles. The van der Waals surface area contributed by atoms with Crippen LogP contribution in [-0.4, -0.2) is 46.1 Å². The van der Waals surface area contributed by atoms with Crippen molar-refractivity contribution in [1.82, 2.24) is 9.78 Å². The molecule has 1 aromatic heterocycles. The van der Waals surface area contributed by atoms with Crippen molar-refractivity contribution in [3.63, 3.8) is 0 Å². The van der Waals surface area contributed by atoms with Gasteiger partial charge in [0.05, 0.1) is 29.1 Å². The number of carbonyl (C=O) groups excluding carboxylic acids is 3. The number of nitrogens with one attached hydrogen (secondary N) is 1. The van der Waals surface area contributed by atoms with Crippen molar-refractivity contribution in [2.45, 2.75) is 70.9 Å². The van der Waals surface area contributed by atoms with Gasteiger partial charge in [-0.3, -0.25) is 14.4 Å². The summed E-state index contributed by atoms with van der Waals surface area (Å²) in [6, 6.07) is 4.74. The molecule has 0 radical (unpaired) electrons. The average molecular weight is 504 g/mol. The molecule has 0 saturated heterocycles. The Hall–Kier alpha value is -3.34. The van der Waals surface area contributed by atoms with Gasteiger partial charge in [0.25, 0.3) is 12.3 Å². The number of fused-ring (bicyclic) bond motifs is 1. The average Bonchev–Trinajstić information content (AvgIpc) is 3.19. The number of nitrogens with two attached hydrogens (primary N) is 2. The van der Waals surface area contributed by atoms with Gasteiger partial charge in [-0.1, -0.05) is 13.8 Å². The van der Waals surface area contributed by atoms with Gasteiger partial charge >= 0.3 is 5.97 Å². The van der Waals surface area contributed by atoms with Gasteiger partial charge in [-0.05, 0) is 55.7 Å². The van der Waals surface area contributed by atoms with Crippen LogP contribution in [0.3, 0.4) is 0 Å². The van der Waals surface area contributed by atoms with Gasteiger partial charge in [0.1, 0.15) is 11.8 Å². The Bertz CT molecular complexity index is 1190. The largest absolute Gasteiger partial charge is 0.461 e. The Labute approximate surface area is 207 Å². The fourth-order valence-electron chi connectivity index (χ4n) is 5.12. The zero-order valence-corrected chi connectivity index (χ0v) is 20.4. The van der Waals surface area contributed by atoms with Crippen LogP contribution in [0.15, 0.2) is 18.2 Å².